The number of hydrogen-bond donors (Lipinski definition) is 0. The van der Waals surface area contributed by atoms with Gasteiger partial charge in [-0.3, -0.25) is 0 Å². The first kappa shape index (κ1) is 45.4. The first-order valence-electron chi connectivity index (χ1n) is 26.8. The van der Waals surface area contributed by atoms with Crippen LogP contribution in [0, 0.1) is 6.92 Å². The molecule has 11 rings (SSSR count). The van der Waals surface area contributed by atoms with Crippen molar-refractivity contribution in [3.8, 4) is 11.1 Å². The number of benzene rings is 7. The summed E-state index contributed by atoms with van der Waals surface area (Å²) in [4.78, 5) is 5.25. The zero-order valence-corrected chi connectivity index (χ0v) is 42.6. The second-order valence-electron chi connectivity index (χ2n) is 21.9. The largest absolute Gasteiger partial charge is 0.456 e. The summed E-state index contributed by atoms with van der Waals surface area (Å²) in [6.07, 6.45) is 14.6. The molecule has 8 aromatic rings. The Morgan fingerprint density at radius 2 is 1.33 bits per heavy atom. The molecule has 3 nitrogen and oxygen atoms in total. The van der Waals surface area contributed by atoms with E-state index in [1.54, 1.807) is 0 Å². The fourth-order valence-corrected chi connectivity index (χ4v) is 12.4. The summed E-state index contributed by atoms with van der Waals surface area (Å²) in [6.45, 7) is 18.6. The number of fused-ring (bicyclic) bond motifs is 7. The molecule has 1 unspecified atom stereocenters. The van der Waals surface area contributed by atoms with Crippen molar-refractivity contribution in [3.05, 3.63) is 161 Å². The third-order valence-corrected chi connectivity index (χ3v) is 16.3. The van der Waals surface area contributed by atoms with Gasteiger partial charge >= 0.3 is 0 Å². The maximum absolute atomic E-state index is 6.96. The zero-order valence-electron chi connectivity index (χ0n) is 42.6. The molecule has 0 bridgehead atoms. The SMILES string of the molecule is CCCCc1ccc(N2c3ccc(C)cc3B3c4cc5c(cc4N(c4ccc(C(CC)CCC)cc4-c4ccc(C6CCCCC6)cc4)c4cc(C(C)(C)C)cc2c43)oc2cc(CC)ccc25)cc1. The van der Waals surface area contributed by atoms with Gasteiger partial charge in [0.25, 0.3) is 6.71 Å². The van der Waals surface area contributed by atoms with Gasteiger partial charge in [0.05, 0.1) is 5.69 Å². The maximum Gasteiger partial charge on any atom is 0.252 e. The standard InChI is InChI=1S/C65H71BN2O/c1-9-13-18-44-22-30-51(31-23-44)67-58-33-21-42(5)35-55(58)66-56-40-54-52-32-24-43(11-3)36-62(52)69-63(54)41-59(56)68(61-39-50(65(6,7)8)38-60(67)64(61)66)57-34-29-49(45(12-4)17-10-2)37-53(57)48-27-25-47(26-28-48)46-19-15-14-16-20-46/h21-41,45-46H,9-20H2,1-8H3. The van der Waals surface area contributed by atoms with E-state index < -0.39 is 0 Å². The van der Waals surface area contributed by atoms with Crippen molar-refractivity contribution < 1.29 is 4.42 Å². The Bertz CT molecular complexity index is 3180. The zero-order chi connectivity index (χ0) is 47.6. The highest BCUT2D eigenvalue weighted by atomic mass is 16.3. The van der Waals surface area contributed by atoms with Gasteiger partial charge in [-0.05, 0) is 167 Å². The van der Waals surface area contributed by atoms with E-state index in [1.165, 1.54) is 164 Å². The number of anilines is 6. The van der Waals surface area contributed by atoms with Crippen LogP contribution in [0.1, 0.15) is 158 Å². The van der Waals surface area contributed by atoms with Crippen LogP contribution in [0.25, 0.3) is 33.1 Å². The Morgan fingerprint density at radius 3 is 2.04 bits per heavy atom. The van der Waals surface area contributed by atoms with Crippen LogP contribution in [0.5, 0.6) is 0 Å². The van der Waals surface area contributed by atoms with Crippen molar-refractivity contribution in [2.45, 2.75) is 150 Å². The minimum atomic E-state index is -0.119. The van der Waals surface area contributed by atoms with Gasteiger partial charge < -0.3 is 14.2 Å². The molecule has 1 aliphatic carbocycles. The van der Waals surface area contributed by atoms with E-state index in [0.717, 1.165) is 30.4 Å². The molecule has 0 saturated heterocycles. The normalized spacial score (nSPS) is 15.2. The summed E-state index contributed by atoms with van der Waals surface area (Å²) in [6, 6.07) is 50.8. The van der Waals surface area contributed by atoms with E-state index in [-0.39, 0.29) is 12.1 Å². The summed E-state index contributed by atoms with van der Waals surface area (Å²) in [5.41, 5.74) is 24.0. The lowest BCUT2D eigenvalue weighted by atomic mass is 9.33. The van der Waals surface area contributed by atoms with E-state index in [1.807, 2.05) is 0 Å². The third kappa shape index (κ3) is 8.10. The smallest absolute Gasteiger partial charge is 0.252 e. The molecule has 1 fully saturated rings. The summed E-state index contributed by atoms with van der Waals surface area (Å²) >= 11 is 0. The van der Waals surface area contributed by atoms with Gasteiger partial charge in [0.2, 0.25) is 0 Å². The molecule has 3 aliphatic rings. The Kier molecular flexibility index (Phi) is 12.1. The quantitative estimate of drug-likeness (QED) is 0.114. The average molecular weight is 907 g/mol. The van der Waals surface area contributed by atoms with Gasteiger partial charge in [0.1, 0.15) is 11.2 Å². The van der Waals surface area contributed by atoms with Crippen LogP contribution in [0.4, 0.5) is 34.1 Å². The molecule has 3 heterocycles. The molecule has 0 radical (unpaired) electrons. The van der Waals surface area contributed by atoms with E-state index in [2.05, 4.69) is 193 Å². The van der Waals surface area contributed by atoms with Crippen LogP contribution in [0.2, 0.25) is 0 Å². The molecule has 2 aliphatic heterocycles. The molecular weight excluding hydrogens is 836 g/mol. The second-order valence-corrected chi connectivity index (χ2v) is 21.9. The van der Waals surface area contributed by atoms with Crippen LogP contribution < -0.4 is 26.2 Å². The highest BCUT2D eigenvalue weighted by molar-refractivity contribution is 7.00. The number of rotatable bonds is 12. The second kappa shape index (κ2) is 18.4. The van der Waals surface area contributed by atoms with Crippen molar-refractivity contribution in [1.82, 2.24) is 0 Å². The Hall–Kier alpha value is -6.00. The number of unbranched alkanes of at least 4 members (excludes halogenated alkanes) is 1. The predicted molar refractivity (Wildman–Crippen MR) is 298 cm³/mol. The van der Waals surface area contributed by atoms with Crippen molar-refractivity contribution in [2.24, 2.45) is 0 Å². The minimum absolute atomic E-state index is 0.000960. The van der Waals surface area contributed by atoms with Crippen molar-refractivity contribution in [1.29, 1.82) is 0 Å². The summed E-state index contributed by atoms with van der Waals surface area (Å²) < 4.78 is 6.96. The molecule has 4 heteroatoms. The van der Waals surface area contributed by atoms with Gasteiger partial charge in [-0.2, -0.15) is 0 Å². The van der Waals surface area contributed by atoms with E-state index in [9.17, 15) is 0 Å². The summed E-state index contributed by atoms with van der Waals surface area (Å²) in [5.74, 6) is 1.16. The number of nitrogens with zero attached hydrogens (tertiary/aromatic N) is 2. The van der Waals surface area contributed by atoms with E-state index in [0.29, 0.717) is 11.8 Å². The molecule has 350 valence electrons. The van der Waals surface area contributed by atoms with Crippen LogP contribution in [-0.4, -0.2) is 6.71 Å². The Labute approximate surface area is 413 Å². The van der Waals surface area contributed by atoms with Gasteiger partial charge in [0.15, 0.2) is 0 Å². The topological polar surface area (TPSA) is 19.6 Å². The molecule has 0 N–H and O–H groups in total. The fourth-order valence-electron chi connectivity index (χ4n) is 12.4. The van der Waals surface area contributed by atoms with Crippen LogP contribution >= 0.6 is 0 Å². The van der Waals surface area contributed by atoms with Crippen LogP contribution in [-0.2, 0) is 18.3 Å². The minimum Gasteiger partial charge on any atom is -0.456 e. The fraction of sp³-hybridized carbons (Fsp3) is 0.354. The first-order valence-corrected chi connectivity index (χ1v) is 26.8. The number of furan rings is 1. The van der Waals surface area contributed by atoms with Crippen molar-refractivity contribution >= 4 is 79.2 Å². The van der Waals surface area contributed by atoms with E-state index in [4.69, 9.17) is 4.42 Å². The van der Waals surface area contributed by atoms with Crippen LogP contribution in [0.15, 0.2) is 132 Å². The Morgan fingerprint density at radius 1 is 0.623 bits per heavy atom. The average Bonchev–Trinajstić information content (AvgIpc) is 3.73. The molecule has 0 spiro atoms. The van der Waals surface area contributed by atoms with Crippen molar-refractivity contribution in [3.63, 3.8) is 0 Å². The lowest BCUT2D eigenvalue weighted by Crippen LogP contribution is -2.61. The predicted octanol–water partition coefficient (Wildman–Crippen LogP) is 17.2. The molecular formula is C65H71BN2O. The highest BCUT2D eigenvalue weighted by Crippen LogP contribution is 2.50. The van der Waals surface area contributed by atoms with Crippen LogP contribution in [0.3, 0.4) is 0 Å². The molecule has 1 atom stereocenters. The van der Waals surface area contributed by atoms with Gasteiger partial charge in [-0.25, -0.2) is 0 Å². The molecule has 7 aromatic carbocycles. The van der Waals surface area contributed by atoms with E-state index >= 15 is 0 Å². The highest BCUT2D eigenvalue weighted by Gasteiger charge is 2.45. The number of hydrogen-bond acceptors (Lipinski definition) is 3. The lowest BCUT2D eigenvalue weighted by Gasteiger charge is -2.45. The maximum atomic E-state index is 6.96. The lowest BCUT2D eigenvalue weighted by molar-refractivity contribution is 0.443. The first-order chi connectivity index (χ1) is 33.6. The van der Waals surface area contributed by atoms with Gasteiger partial charge in [-0.15, -0.1) is 0 Å². The summed E-state index contributed by atoms with van der Waals surface area (Å²) in [5, 5.41) is 2.36. The number of aryl methyl sites for hydroxylation is 3. The third-order valence-electron chi connectivity index (χ3n) is 16.3. The van der Waals surface area contributed by atoms with Gasteiger partial charge in [0, 0.05) is 50.8 Å². The molecule has 0 amide bonds. The molecule has 1 aromatic heterocycles. The summed E-state index contributed by atoms with van der Waals surface area (Å²) in [7, 11) is 0. The molecule has 69 heavy (non-hydrogen) atoms. The monoisotopic (exact) mass is 907 g/mol. The Balaban J connectivity index is 1.22. The van der Waals surface area contributed by atoms with Crippen molar-refractivity contribution in [2.75, 3.05) is 9.80 Å². The van der Waals surface area contributed by atoms with Gasteiger partial charge in [-0.1, -0.05) is 159 Å². The molecule has 1 saturated carbocycles.